The molecule has 1 aromatic heterocycles. The molecule has 3 N–H and O–H groups in total. The van der Waals surface area contributed by atoms with Gasteiger partial charge in [-0.05, 0) is 9.89 Å². The zero-order valence-corrected chi connectivity index (χ0v) is 9.58. The molecule has 0 spiro atoms. The number of hydrogen-bond donors (Lipinski definition) is 3. The van der Waals surface area contributed by atoms with E-state index in [1.54, 1.807) is 0 Å². The van der Waals surface area contributed by atoms with E-state index in [0.717, 1.165) is 0 Å². The maximum Gasteiger partial charge on any atom is 0.434 e. The zero-order chi connectivity index (χ0) is 11.2. The fourth-order valence-electron chi connectivity index (χ4n) is 1.32. The maximum atomic E-state index is 11.3. The van der Waals surface area contributed by atoms with Crippen molar-refractivity contribution in [1.82, 2.24) is 4.98 Å². The predicted octanol–water partition coefficient (Wildman–Crippen LogP) is 1.89. The average Bonchev–Trinajstić information content (AvgIpc) is 2.36. The van der Waals surface area contributed by atoms with Gasteiger partial charge in [0.15, 0.2) is 10.6 Å². The Morgan fingerprint density at radius 1 is 1.73 bits per heavy atom. The molecule has 15 heavy (non-hydrogen) atoms. The lowest BCUT2D eigenvalue weighted by atomic mass is 10.2. The van der Waals surface area contributed by atoms with Crippen LogP contribution in [0.4, 0.5) is 11.5 Å². The van der Waals surface area contributed by atoms with Gasteiger partial charge in [0.2, 0.25) is 4.60 Å². The lowest BCUT2D eigenvalue weighted by Crippen LogP contribution is -2.05. The lowest BCUT2D eigenvalue weighted by molar-refractivity contribution is -0.731. The van der Waals surface area contributed by atoms with Crippen molar-refractivity contribution in [3.63, 3.8) is 0 Å². The number of nitrogens with one attached hydrogen (secondary N) is 1. The van der Waals surface area contributed by atoms with Crippen LogP contribution < -0.4 is 4.72 Å². The van der Waals surface area contributed by atoms with E-state index >= 15 is 0 Å². The molecule has 1 unspecified atom stereocenters. The summed E-state index contributed by atoms with van der Waals surface area (Å²) in [5, 5.41) is 8.76. The average molecular weight is 296 g/mol. The van der Waals surface area contributed by atoms with Crippen molar-refractivity contribution in [2.75, 3.05) is 4.72 Å². The Hall–Kier alpha value is -0.900. The molecular weight excluding hydrogens is 290 g/mol. The fourth-order valence-corrected chi connectivity index (χ4v) is 3.03. The van der Waals surface area contributed by atoms with Crippen molar-refractivity contribution >= 4 is 38.2 Å². The van der Waals surface area contributed by atoms with Gasteiger partial charge in [0.05, 0.1) is 0 Å². The smallest absolute Gasteiger partial charge is 0.434 e. The summed E-state index contributed by atoms with van der Waals surface area (Å²) in [6.45, 7) is 0. The van der Waals surface area contributed by atoms with Gasteiger partial charge in [0.1, 0.15) is 0 Å². The number of aromatic nitrogens is 1. The summed E-state index contributed by atoms with van der Waals surface area (Å²) in [6, 6.07) is 1.51. The van der Waals surface area contributed by atoms with Crippen LogP contribution >= 0.6 is 26.7 Å². The molecule has 0 fully saturated rings. The molecule has 1 aromatic rings. The van der Waals surface area contributed by atoms with Gasteiger partial charge < -0.3 is 19.0 Å². The van der Waals surface area contributed by atoms with E-state index in [-0.39, 0.29) is 17.3 Å². The molecule has 0 aromatic carbocycles. The van der Waals surface area contributed by atoms with Crippen LogP contribution in [0.2, 0.25) is 0 Å². The molecule has 0 saturated heterocycles. The molecule has 1 aliphatic rings. The normalized spacial score (nSPS) is 27.7. The molecule has 0 bridgehead atoms. The van der Waals surface area contributed by atoms with Gasteiger partial charge in [-0.25, -0.2) is 0 Å². The van der Waals surface area contributed by atoms with Crippen LogP contribution in [-0.4, -0.2) is 24.2 Å². The van der Waals surface area contributed by atoms with Gasteiger partial charge in [-0.15, -0.1) is 0 Å². The van der Waals surface area contributed by atoms with Gasteiger partial charge >= 0.3 is 5.82 Å². The van der Waals surface area contributed by atoms with Crippen molar-refractivity contribution in [1.29, 1.82) is 0 Å². The minimum absolute atomic E-state index is 0.0863. The third-order valence-corrected chi connectivity index (χ3v) is 3.48. The maximum absolute atomic E-state index is 11.3. The number of pyridine rings is 1. The molecule has 82 valence electrons. The highest BCUT2D eigenvalue weighted by atomic mass is 79.9. The fraction of sp³-hybridized carbons (Fsp3) is 0.167. The Morgan fingerprint density at radius 2 is 2.40 bits per heavy atom. The Labute approximate surface area is 94.3 Å². The monoisotopic (exact) mass is 295 g/mol. The van der Waals surface area contributed by atoms with Crippen LogP contribution in [0.1, 0.15) is 5.56 Å². The summed E-state index contributed by atoms with van der Waals surface area (Å²) in [6.07, 6.45) is 0. The highest BCUT2D eigenvalue weighted by Crippen LogP contribution is 2.53. The Morgan fingerprint density at radius 3 is 3.00 bits per heavy atom. The molecule has 1 atom stereocenters. The molecular formula is C6H6BrN3O4S. The molecule has 1 aliphatic heterocycles. The van der Waals surface area contributed by atoms with Gasteiger partial charge in [0.25, 0.3) is 0 Å². The van der Waals surface area contributed by atoms with E-state index in [0.29, 0.717) is 10.2 Å². The molecule has 0 radical (unpaired) electrons. The van der Waals surface area contributed by atoms with Crippen LogP contribution in [0.15, 0.2) is 10.7 Å². The first kappa shape index (κ1) is 10.6. The van der Waals surface area contributed by atoms with E-state index in [1.807, 2.05) is 0 Å². The first-order valence-corrected chi connectivity index (χ1v) is 6.24. The van der Waals surface area contributed by atoms with Crippen molar-refractivity contribution < 1.29 is 19.2 Å². The topological polar surface area (TPSA) is 109 Å². The lowest BCUT2D eigenvalue weighted by Gasteiger charge is -2.40. The number of anilines is 1. The predicted molar refractivity (Wildman–Crippen MR) is 55.3 cm³/mol. The van der Waals surface area contributed by atoms with Gasteiger partial charge in [-0.2, -0.15) is 0 Å². The molecule has 9 heteroatoms. The molecule has 7 nitrogen and oxygen atoms in total. The third kappa shape index (κ3) is 1.91. The first-order chi connectivity index (χ1) is 6.89. The minimum Gasteiger partial charge on any atom is -0.751 e. The quantitative estimate of drug-likeness (QED) is 0.539. The third-order valence-electron chi connectivity index (χ3n) is 1.84. The highest BCUT2D eigenvalue weighted by Gasteiger charge is 2.32. The van der Waals surface area contributed by atoms with E-state index in [9.17, 15) is 14.0 Å². The number of hydrogen-bond acceptors (Lipinski definition) is 5. The van der Waals surface area contributed by atoms with Gasteiger partial charge in [0, 0.05) is 33.3 Å². The summed E-state index contributed by atoms with van der Waals surface area (Å²) < 4.78 is 23.2. The molecule has 0 amide bonds. The summed E-state index contributed by atoms with van der Waals surface area (Å²) in [5.74, 6) is -0.455. The second-order valence-corrected chi connectivity index (χ2v) is 5.55. The van der Waals surface area contributed by atoms with Crippen molar-refractivity contribution in [3.8, 4) is 0 Å². The second kappa shape index (κ2) is 3.30. The second-order valence-electron chi connectivity index (χ2n) is 2.96. The van der Waals surface area contributed by atoms with Crippen molar-refractivity contribution in [3.05, 3.63) is 21.1 Å². The molecule has 2 heterocycles. The number of rotatable bonds is 1. The number of fused-ring (bicyclic) bond motifs is 1. The molecule has 2 rings (SSSR count). The Kier molecular flexibility index (Phi) is 2.34. The van der Waals surface area contributed by atoms with E-state index in [1.165, 1.54) is 6.07 Å². The number of halogens is 1. The van der Waals surface area contributed by atoms with E-state index in [4.69, 9.17) is 5.21 Å². The zero-order valence-electron chi connectivity index (χ0n) is 7.18. The van der Waals surface area contributed by atoms with Crippen LogP contribution in [0.25, 0.3) is 0 Å². The van der Waals surface area contributed by atoms with E-state index in [2.05, 4.69) is 25.6 Å². The summed E-state index contributed by atoms with van der Waals surface area (Å²) in [4.78, 5) is 14.0. The Balaban J connectivity index is 2.58. The van der Waals surface area contributed by atoms with Gasteiger partial charge in [-0.1, -0.05) is 0 Å². The molecule has 0 saturated carbocycles. The summed E-state index contributed by atoms with van der Waals surface area (Å²) in [5.41, 5.74) is 0.539. The summed E-state index contributed by atoms with van der Waals surface area (Å²) >= 11 is 3.03. The van der Waals surface area contributed by atoms with Gasteiger partial charge in [-0.3, -0.25) is 10.8 Å². The first-order valence-electron chi connectivity index (χ1n) is 3.77. The minimum atomic E-state index is -3.22. The SMILES string of the molecule is O=[N+](O)c1nc(Br)cc2c1NS([O-])(O)C2. The Bertz CT molecular complexity index is 452. The van der Waals surface area contributed by atoms with Crippen LogP contribution in [0.5, 0.6) is 0 Å². The highest BCUT2D eigenvalue weighted by molar-refractivity contribution is 9.10. The van der Waals surface area contributed by atoms with Crippen molar-refractivity contribution in [2.24, 2.45) is 0 Å². The summed E-state index contributed by atoms with van der Waals surface area (Å²) in [7, 11) is -3.22. The standard InChI is InChI=1S/C6H6BrN3O4S/c7-4-1-3-2-15(13,14)9-5(3)6(8-4)10(11)12/h1,9H,2H2,(H2-,11,12,13,14). The van der Waals surface area contributed by atoms with Crippen LogP contribution in [0.3, 0.4) is 0 Å². The van der Waals surface area contributed by atoms with Crippen molar-refractivity contribution in [2.45, 2.75) is 5.75 Å². The van der Waals surface area contributed by atoms with E-state index < -0.39 is 15.7 Å². The largest absolute Gasteiger partial charge is 0.751 e. The number of nitrogens with zero attached hydrogens (tertiary/aromatic N) is 2. The van der Waals surface area contributed by atoms with Crippen LogP contribution in [0, 0.1) is 4.91 Å². The molecule has 0 aliphatic carbocycles. The van der Waals surface area contributed by atoms with Crippen LogP contribution in [-0.2, 0) is 5.75 Å².